The molecule has 6 nitrogen and oxygen atoms in total. The molecule has 0 bridgehead atoms. The summed E-state index contributed by atoms with van der Waals surface area (Å²) in [6.07, 6.45) is 2.97. The van der Waals surface area contributed by atoms with Gasteiger partial charge in [-0.25, -0.2) is 5.43 Å². The van der Waals surface area contributed by atoms with Gasteiger partial charge in [-0.15, -0.1) is 0 Å². The van der Waals surface area contributed by atoms with E-state index in [1.54, 1.807) is 48.5 Å². The first-order valence-corrected chi connectivity index (χ1v) is 11.2. The van der Waals surface area contributed by atoms with Crippen LogP contribution in [-0.4, -0.2) is 32.1 Å². The van der Waals surface area contributed by atoms with Gasteiger partial charge < -0.3 is 10.2 Å². The molecule has 0 fully saturated rings. The fourth-order valence-electron chi connectivity index (χ4n) is 2.85. The molecule has 3 aromatic rings. The van der Waals surface area contributed by atoms with E-state index in [1.165, 1.54) is 6.21 Å². The van der Waals surface area contributed by atoms with Crippen molar-refractivity contribution >= 4 is 64.6 Å². The highest BCUT2D eigenvalue weighted by molar-refractivity contribution is 6.42. The third-order valence-electron chi connectivity index (χ3n) is 4.66. The van der Waals surface area contributed by atoms with Crippen molar-refractivity contribution in [2.75, 3.05) is 19.0 Å². The zero-order valence-corrected chi connectivity index (χ0v) is 20.6. The van der Waals surface area contributed by atoms with Crippen LogP contribution in [0.3, 0.4) is 0 Å². The predicted octanol–water partition coefficient (Wildman–Crippen LogP) is 5.63. The van der Waals surface area contributed by atoms with Crippen LogP contribution in [0, 0.1) is 0 Å². The number of halogens is 3. The highest BCUT2D eigenvalue weighted by atomic mass is 35.5. The van der Waals surface area contributed by atoms with Crippen LogP contribution in [0.5, 0.6) is 0 Å². The molecule has 0 aliphatic carbocycles. The largest absolute Gasteiger partial charge is 0.378 e. The van der Waals surface area contributed by atoms with Gasteiger partial charge in [-0.05, 0) is 53.6 Å². The third kappa shape index (κ3) is 6.84. The van der Waals surface area contributed by atoms with Gasteiger partial charge in [0, 0.05) is 19.8 Å². The summed E-state index contributed by atoms with van der Waals surface area (Å²) in [5.41, 5.74) is 5.00. The molecule has 0 aliphatic heterocycles. The summed E-state index contributed by atoms with van der Waals surface area (Å²) in [6, 6.07) is 19.0. The Morgan fingerprint density at radius 1 is 0.853 bits per heavy atom. The molecule has 0 unspecified atom stereocenters. The highest BCUT2D eigenvalue weighted by Crippen LogP contribution is 2.22. The maximum Gasteiger partial charge on any atom is 0.287 e. The van der Waals surface area contributed by atoms with Crippen LogP contribution in [0.25, 0.3) is 6.08 Å². The normalized spacial score (nSPS) is 11.4. The number of nitrogens with zero attached hydrogens (tertiary/aromatic N) is 2. The Morgan fingerprint density at radius 2 is 1.53 bits per heavy atom. The summed E-state index contributed by atoms with van der Waals surface area (Å²) >= 11 is 18.1. The highest BCUT2D eigenvalue weighted by Gasteiger charge is 2.16. The third-order valence-corrected chi connectivity index (χ3v) is 5.72. The van der Waals surface area contributed by atoms with Gasteiger partial charge in [0.15, 0.2) is 0 Å². The number of hydrazone groups is 1. The predicted molar refractivity (Wildman–Crippen MR) is 140 cm³/mol. The van der Waals surface area contributed by atoms with E-state index in [-0.39, 0.29) is 16.3 Å². The van der Waals surface area contributed by atoms with Gasteiger partial charge in [0.25, 0.3) is 11.8 Å². The second-order valence-electron chi connectivity index (χ2n) is 7.35. The standard InChI is InChI=1S/C25H21Cl3N4O2/c1-32(2)18-10-7-16(8-11-18)14-23(30-24(33)19-5-3-4-6-20(19)26)25(34)31-29-15-17-9-12-21(27)22(28)13-17/h3-15H,1-2H3,(H,30,33)(H,31,34). The molecule has 0 atom stereocenters. The second kappa shape index (κ2) is 11.7. The molecule has 3 aromatic carbocycles. The van der Waals surface area contributed by atoms with Crippen LogP contribution >= 0.6 is 34.8 Å². The topological polar surface area (TPSA) is 73.8 Å². The van der Waals surface area contributed by atoms with Crippen molar-refractivity contribution in [3.8, 4) is 0 Å². The fraction of sp³-hybridized carbons (Fsp3) is 0.0800. The van der Waals surface area contributed by atoms with E-state index in [2.05, 4.69) is 15.8 Å². The van der Waals surface area contributed by atoms with Gasteiger partial charge in [0.1, 0.15) is 5.70 Å². The van der Waals surface area contributed by atoms with Gasteiger partial charge in [-0.2, -0.15) is 5.10 Å². The molecule has 0 aromatic heterocycles. The van der Waals surface area contributed by atoms with Crippen LogP contribution in [0.4, 0.5) is 5.69 Å². The molecule has 0 radical (unpaired) electrons. The molecule has 9 heteroatoms. The number of hydrogen-bond acceptors (Lipinski definition) is 4. The van der Waals surface area contributed by atoms with Crippen molar-refractivity contribution in [2.45, 2.75) is 0 Å². The molecule has 0 saturated heterocycles. The quantitative estimate of drug-likeness (QED) is 0.243. The van der Waals surface area contributed by atoms with E-state index in [0.717, 1.165) is 5.69 Å². The van der Waals surface area contributed by atoms with E-state index in [4.69, 9.17) is 34.8 Å². The molecular formula is C25H21Cl3N4O2. The number of hydrogen-bond donors (Lipinski definition) is 2. The van der Waals surface area contributed by atoms with Crippen LogP contribution in [-0.2, 0) is 4.79 Å². The number of benzene rings is 3. The summed E-state index contributed by atoms with van der Waals surface area (Å²) in [6.45, 7) is 0. The van der Waals surface area contributed by atoms with Crippen LogP contribution in [0.15, 0.2) is 77.5 Å². The molecule has 174 valence electrons. The van der Waals surface area contributed by atoms with E-state index in [9.17, 15) is 9.59 Å². The molecule has 3 rings (SSSR count). The minimum absolute atomic E-state index is 0.00573. The Labute approximate surface area is 212 Å². The Morgan fingerprint density at radius 3 is 2.18 bits per heavy atom. The average molecular weight is 516 g/mol. The Bertz CT molecular complexity index is 1260. The second-order valence-corrected chi connectivity index (χ2v) is 8.57. The average Bonchev–Trinajstić information content (AvgIpc) is 2.81. The zero-order valence-electron chi connectivity index (χ0n) is 18.4. The fourth-order valence-corrected chi connectivity index (χ4v) is 3.38. The van der Waals surface area contributed by atoms with Gasteiger partial charge in [-0.1, -0.05) is 65.1 Å². The molecular weight excluding hydrogens is 495 g/mol. The van der Waals surface area contributed by atoms with Crippen molar-refractivity contribution in [1.82, 2.24) is 10.7 Å². The van der Waals surface area contributed by atoms with Crippen molar-refractivity contribution in [1.29, 1.82) is 0 Å². The lowest BCUT2D eigenvalue weighted by molar-refractivity contribution is -0.117. The number of nitrogens with one attached hydrogen (secondary N) is 2. The molecule has 2 amide bonds. The first kappa shape index (κ1) is 25.3. The molecule has 0 saturated carbocycles. The van der Waals surface area contributed by atoms with Gasteiger partial charge in [0.2, 0.25) is 0 Å². The molecule has 0 aliphatic rings. The van der Waals surface area contributed by atoms with Crippen molar-refractivity contribution in [3.05, 3.63) is 104 Å². The monoisotopic (exact) mass is 514 g/mol. The first-order valence-electron chi connectivity index (χ1n) is 10.1. The van der Waals surface area contributed by atoms with E-state index in [0.29, 0.717) is 21.2 Å². The smallest absolute Gasteiger partial charge is 0.287 e. The number of anilines is 1. The van der Waals surface area contributed by atoms with Crippen LogP contribution in [0.1, 0.15) is 21.5 Å². The van der Waals surface area contributed by atoms with Crippen molar-refractivity contribution < 1.29 is 9.59 Å². The summed E-state index contributed by atoms with van der Waals surface area (Å²) in [5.74, 6) is -1.14. The minimum atomic E-state index is -0.617. The lowest BCUT2D eigenvalue weighted by atomic mass is 10.1. The lowest BCUT2D eigenvalue weighted by Gasteiger charge is -2.13. The van der Waals surface area contributed by atoms with Crippen LogP contribution in [0.2, 0.25) is 15.1 Å². The SMILES string of the molecule is CN(C)c1ccc(C=C(NC(=O)c2ccccc2Cl)C(=O)NN=Cc2ccc(Cl)c(Cl)c2)cc1. The van der Waals surface area contributed by atoms with Crippen molar-refractivity contribution in [3.63, 3.8) is 0 Å². The van der Waals surface area contributed by atoms with Crippen LogP contribution < -0.4 is 15.6 Å². The van der Waals surface area contributed by atoms with Gasteiger partial charge in [0.05, 0.1) is 26.8 Å². The maximum absolute atomic E-state index is 12.9. The molecule has 34 heavy (non-hydrogen) atoms. The molecule has 0 spiro atoms. The summed E-state index contributed by atoms with van der Waals surface area (Å²) in [7, 11) is 3.86. The first-order chi connectivity index (χ1) is 16.2. The van der Waals surface area contributed by atoms with E-state index >= 15 is 0 Å². The summed E-state index contributed by atoms with van der Waals surface area (Å²) < 4.78 is 0. The number of rotatable bonds is 7. The van der Waals surface area contributed by atoms with Crippen molar-refractivity contribution in [2.24, 2.45) is 5.10 Å². The van der Waals surface area contributed by atoms with Gasteiger partial charge in [-0.3, -0.25) is 9.59 Å². The Balaban J connectivity index is 1.84. The zero-order chi connectivity index (χ0) is 24.7. The van der Waals surface area contributed by atoms with E-state index < -0.39 is 11.8 Å². The van der Waals surface area contributed by atoms with Gasteiger partial charge >= 0.3 is 0 Å². The van der Waals surface area contributed by atoms with E-state index in [1.807, 2.05) is 43.3 Å². The Hall–Kier alpha value is -3.32. The number of carbonyl (C=O) groups is 2. The molecule has 2 N–H and O–H groups in total. The number of carbonyl (C=O) groups excluding carboxylic acids is 2. The summed E-state index contributed by atoms with van der Waals surface area (Å²) in [4.78, 5) is 27.6. The number of amides is 2. The molecule has 0 heterocycles. The lowest BCUT2D eigenvalue weighted by Crippen LogP contribution is -2.33. The Kier molecular flexibility index (Phi) is 8.71. The summed E-state index contributed by atoms with van der Waals surface area (Å²) in [5, 5.41) is 7.64. The minimum Gasteiger partial charge on any atom is -0.378 e. The maximum atomic E-state index is 12.9.